The topological polar surface area (TPSA) is 139 Å². The molecular weight excluding hydrogens is 198 g/mol. The van der Waals surface area contributed by atoms with Gasteiger partial charge in [-0.2, -0.15) is 8.42 Å². The van der Waals surface area contributed by atoms with Gasteiger partial charge >= 0.3 is 10.4 Å². The van der Waals surface area contributed by atoms with E-state index in [0.717, 1.165) is 6.42 Å². The van der Waals surface area contributed by atoms with E-state index in [1.54, 1.807) is 0 Å². The maximum atomic E-state index is 8.74. The van der Waals surface area contributed by atoms with Gasteiger partial charge in [-0.05, 0) is 13.3 Å². The van der Waals surface area contributed by atoms with E-state index < -0.39 is 10.4 Å². The highest BCUT2D eigenvalue weighted by Gasteiger charge is 1.91. The minimum absolute atomic E-state index is 0.180. The zero-order valence-corrected chi connectivity index (χ0v) is 8.32. The molecule has 0 rings (SSSR count). The van der Waals surface area contributed by atoms with Crippen molar-refractivity contribution in [3.8, 4) is 0 Å². The second kappa shape index (κ2) is 6.63. The van der Waals surface area contributed by atoms with Gasteiger partial charge in [-0.1, -0.05) is 6.92 Å². The summed E-state index contributed by atoms with van der Waals surface area (Å²) in [6.45, 7) is 4.01. The summed E-state index contributed by atoms with van der Waals surface area (Å²) in [7, 11) is -4.67. The lowest BCUT2D eigenvalue weighted by Crippen LogP contribution is -2.24. The molecule has 1 unspecified atom stereocenters. The number of nitrogens with zero attached hydrogens (tertiary/aromatic N) is 1. The van der Waals surface area contributed by atoms with Crippen LogP contribution in [0.5, 0.6) is 0 Å². The minimum Gasteiger partial charge on any atom is -0.370 e. The molecule has 0 aromatic carbocycles. The molecule has 0 aromatic rings. The van der Waals surface area contributed by atoms with Gasteiger partial charge in [0, 0.05) is 0 Å². The van der Waals surface area contributed by atoms with Crippen LogP contribution in [0.2, 0.25) is 0 Å². The molecule has 0 aliphatic rings. The number of nitrogens with two attached hydrogens (primary N) is 2. The lowest BCUT2D eigenvalue weighted by Gasteiger charge is -1.99. The molecule has 0 fully saturated rings. The molecule has 0 aromatic heterocycles. The Hall–Kier alpha value is -0.860. The van der Waals surface area contributed by atoms with Crippen molar-refractivity contribution in [3.63, 3.8) is 0 Å². The normalized spacial score (nSPS) is 12.3. The predicted octanol–water partition coefficient (Wildman–Crippen LogP) is -0.594. The molecule has 0 amide bonds. The smallest absolute Gasteiger partial charge is 0.370 e. The molecule has 6 N–H and O–H groups in total. The number of hydrogen-bond donors (Lipinski definition) is 4. The minimum atomic E-state index is -4.67. The van der Waals surface area contributed by atoms with Gasteiger partial charge < -0.3 is 11.5 Å². The van der Waals surface area contributed by atoms with E-state index in [9.17, 15) is 0 Å². The fourth-order valence-corrected chi connectivity index (χ4v) is 0.346. The van der Waals surface area contributed by atoms with E-state index in [4.69, 9.17) is 29.0 Å². The van der Waals surface area contributed by atoms with Gasteiger partial charge in [0.25, 0.3) is 0 Å². The van der Waals surface area contributed by atoms with Crippen LogP contribution in [0, 0.1) is 0 Å². The van der Waals surface area contributed by atoms with E-state index in [1.807, 2.05) is 13.8 Å². The first-order chi connectivity index (χ1) is 5.66. The van der Waals surface area contributed by atoms with Gasteiger partial charge in [-0.15, -0.1) is 0 Å². The molecule has 0 saturated carbocycles. The SMILES string of the molecule is CCC(C)N=C(N)N.O=S(=O)(O)O. The number of rotatable bonds is 2. The molecule has 0 bridgehead atoms. The molecular formula is C5H15N3O4S. The highest BCUT2D eigenvalue weighted by molar-refractivity contribution is 7.79. The third-order valence-electron chi connectivity index (χ3n) is 0.960. The quantitative estimate of drug-likeness (QED) is 0.274. The average Bonchev–Trinajstić information content (AvgIpc) is 1.82. The van der Waals surface area contributed by atoms with Gasteiger partial charge in [-0.3, -0.25) is 14.1 Å². The van der Waals surface area contributed by atoms with Crippen LogP contribution in [0.15, 0.2) is 4.99 Å². The van der Waals surface area contributed by atoms with Crippen molar-refractivity contribution in [2.75, 3.05) is 0 Å². The van der Waals surface area contributed by atoms with Crippen LogP contribution in [0.4, 0.5) is 0 Å². The van der Waals surface area contributed by atoms with Crippen LogP contribution in [0.1, 0.15) is 20.3 Å². The van der Waals surface area contributed by atoms with Crippen molar-refractivity contribution < 1.29 is 17.5 Å². The zero-order chi connectivity index (χ0) is 11.1. The highest BCUT2D eigenvalue weighted by atomic mass is 32.3. The summed E-state index contributed by atoms with van der Waals surface area (Å²) < 4.78 is 31.6. The summed E-state index contributed by atoms with van der Waals surface area (Å²) in [5.74, 6) is 0.180. The zero-order valence-electron chi connectivity index (χ0n) is 7.51. The van der Waals surface area contributed by atoms with Crippen LogP contribution in [0.3, 0.4) is 0 Å². The lowest BCUT2D eigenvalue weighted by atomic mass is 10.3. The fourth-order valence-electron chi connectivity index (χ4n) is 0.346. The molecule has 8 heteroatoms. The molecule has 0 aliphatic carbocycles. The predicted molar refractivity (Wildman–Crippen MR) is 49.7 cm³/mol. The Kier molecular flexibility index (Phi) is 7.48. The first-order valence-electron chi connectivity index (χ1n) is 3.45. The van der Waals surface area contributed by atoms with E-state index in [2.05, 4.69) is 4.99 Å². The van der Waals surface area contributed by atoms with Crippen molar-refractivity contribution in [1.29, 1.82) is 0 Å². The largest absolute Gasteiger partial charge is 0.394 e. The number of guanidine groups is 1. The van der Waals surface area contributed by atoms with Gasteiger partial charge in [0.15, 0.2) is 5.96 Å². The molecule has 0 radical (unpaired) electrons. The molecule has 7 nitrogen and oxygen atoms in total. The number of hydrogen-bond acceptors (Lipinski definition) is 3. The Balaban J connectivity index is 0. The van der Waals surface area contributed by atoms with Crippen molar-refractivity contribution >= 4 is 16.4 Å². The first kappa shape index (κ1) is 14.7. The lowest BCUT2D eigenvalue weighted by molar-refractivity contribution is 0.381. The fraction of sp³-hybridized carbons (Fsp3) is 0.800. The molecule has 0 saturated heterocycles. The Morgan fingerprint density at radius 1 is 1.46 bits per heavy atom. The molecule has 0 heterocycles. The van der Waals surface area contributed by atoms with Gasteiger partial charge in [-0.25, -0.2) is 0 Å². The Bertz CT molecular complexity index is 237. The molecule has 13 heavy (non-hydrogen) atoms. The van der Waals surface area contributed by atoms with Gasteiger partial charge in [0.1, 0.15) is 0 Å². The average molecular weight is 213 g/mol. The standard InChI is InChI=1S/C5H13N3.H2O4S/c1-3-4(2)8-5(6)7;1-5(2,3)4/h4H,3H2,1-2H3,(H4,6,7,8);(H2,1,2,3,4). The van der Waals surface area contributed by atoms with E-state index >= 15 is 0 Å². The van der Waals surface area contributed by atoms with Gasteiger partial charge in [0.05, 0.1) is 6.04 Å². The third kappa shape index (κ3) is 35.2. The van der Waals surface area contributed by atoms with Crippen molar-refractivity contribution in [2.45, 2.75) is 26.3 Å². The van der Waals surface area contributed by atoms with Crippen molar-refractivity contribution in [2.24, 2.45) is 16.5 Å². The molecule has 0 aliphatic heterocycles. The van der Waals surface area contributed by atoms with Crippen molar-refractivity contribution in [1.82, 2.24) is 0 Å². The Labute approximate surface area is 77.4 Å². The molecule has 1 atom stereocenters. The van der Waals surface area contributed by atoms with E-state index in [1.165, 1.54) is 0 Å². The Morgan fingerprint density at radius 3 is 1.85 bits per heavy atom. The third-order valence-corrected chi connectivity index (χ3v) is 0.960. The van der Waals surface area contributed by atoms with E-state index in [-0.39, 0.29) is 12.0 Å². The first-order valence-corrected chi connectivity index (χ1v) is 4.85. The highest BCUT2D eigenvalue weighted by Crippen LogP contribution is 1.91. The summed E-state index contributed by atoms with van der Waals surface area (Å²) in [4.78, 5) is 3.87. The Morgan fingerprint density at radius 2 is 1.77 bits per heavy atom. The summed E-state index contributed by atoms with van der Waals surface area (Å²) in [6.07, 6.45) is 0.984. The maximum absolute atomic E-state index is 8.74. The van der Waals surface area contributed by atoms with Gasteiger partial charge in [0.2, 0.25) is 0 Å². The van der Waals surface area contributed by atoms with Crippen LogP contribution in [-0.4, -0.2) is 29.5 Å². The van der Waals surface area contributed by atoms with E-state index in [0.29, 0.717) is 0 Å². The van der Waals surface area contributed by atoms with Crippen LogP contribution in [0.25, 0.3) is 0 Å². The van der Waals surface area contributed by atoms with Crippen LogP contribution in [-0.2, 0) is 10.4 Å². The summed E-state index contributed by atoms with van der Waals surface area (Å²) in [6, 6.07) is 0.264. The van der Waals surface area contributed by atoms with Crippen LogP contribution >= 0.6 is 0 Å². The second-order valence-electron chi connectivity index (χ2n) is 2.26. The summed E-state index contributed by atoms with van der Waals surface area (Å²) >= 11 is 0. The number of aliphatic imine (C=N–C) groups is 1. The maximum Gasteiger partial charge on any atom is 0.394 e. The monoisotopic (exact) mass is 213 g/mol. The summed E-state index contributed by atoms with van der Waals surface area (Å²) in [5, 5.41) is 0. The summed E-state index contributed by atoms with van der Waals surface area (Å²) in [5.41, 5.74) is 10.2. The van der Waals surface area contributed by atoms with Crippen LogP contribution < -0.4 is 11.5 Å². The molecule has 80 valence electrons. The second-order valence-corrected chi connectivity index (χ2v) is 3.15. The van der Waals surface area contributed by atoms with Crippen molar-refractivity contribution in [3.05, 3.63) is 0 Å². The molecule has 0 spiro atoms.